The predicted octanol–water partition coefficient (Wildman–Crippen LogP) is 0.244. The SMILES string of the molecule is CS(=O)(=O)N1CCN(C(=O)NC([C]=O)c2ccccc2)C1=O. The largest absolute Gasteiger partial charge is 0.341 e. The molecule has 0 aliphatic carbocycles. The molecule has 1 saturated heterocycles. The highest BCUT2D eigenvalue weighted by atomic mass is 32.2. The number of benzene rings is 1. The van der Waals surface area contributed by atoms with E-state index in [1.54, 1.807) is 36.6 Å². The van der Waals surface area contributed by atoms with Crippen molar-refractivity contribution < 1.29 is 22.8 Å². The minimum atomic E-state index is -3.72. The number of carbonyl (C=O) groups excluding carboxylic acids is 3. The summed E-state index contributed by atoms with van der Waals surface area (Å²) in [6.45, 7) is -0.177. The molecule has 0 bridgehead atoms. The predicted molar refractivity (Wildman–Crippen MR) is 77.1 cm³/mol. The first kappa shape index (κ1) is 16.0. The van der Waals surface area contributed by atoms with Crippen molar-refractivity contribution in [2.45, 2.75) is 6.04 Å². The van der Waals surface area contributed by atoms with Crippen LogP contribution in [0.3, 0.4) is 0 Å². The van der Waals surface area contributed by atoms with Gasteiger partial charge in [-0.25, -0.2) is 27.2 Å². The van der Waals surface area contributed by atoms with Gasteiger partial charge >= 0.3 is 12.1 Å². The standard InChI is InChI=1S/C13H14N3O5S/c1-22(20,21)16-8-7-15(13(16)19)12(18)14-11(9-17)10-5-3-2-4-6-10/h2-6,11H,7-8H2,1H3,(H,14,18). The van der Waals surface area contributed by atoms with Gasteiger partial charge in [0.1, 0.15) is 6.04 Å². The molecule has 1 aliphatic rings. The fourth-order valence-electron chi connectivity index (χ4n) is 2.04. The number of urea groups is 2. The molecule has 1 aliphatic heterocycles. The lowest BCUT2D eigenvalue weighted by Crippen LogP contribution is -2.45. The van der Waals surface area contributed by atoms with Crippen LogP contribution in [0.4, 0.5) is 9.59 Å². The maximum atomic E-state index is 12.1. The molecule has 1 fully saturated rings. The van der Waals surface area contributed by atoms with Gasteiger partial charge < -0.3 is 5.32 Å². The summed E-state index contributed by atoms with van der Waals surface area (Å²) >= 11 is 0. The highest BCUT2D eigenvalue weighted by molar-refractivity contribution is 7.88. The van der Waals surface area contributed by atoms with Crippen molar-refractivity contribution >= 4 is 28.4 Å². The van der Waals surface area contributed by atoms with E-state index in [-0.39, 0.29) is 13.1 Å². The van der Waals surface area contributed by atoms with Gasteiger partial charge in [0.2, 0.25) is 16.3 Å². The molecule has 0 aromatic heterocycles. The number of amides is 4. The molecule has 4 amide bonds. The van der Waals surface area contributed by atoms with Crippen LogP contribution in [0.2, 0.25) is 0 Å². The summed E-state index contributed by atoms with van der Waals surface area (Å²) in [4.78, 5) is 35.7. The molecule has 117 valence electrons. The van der Waals surface area contributed by atoms with Gasteiger partial charge in [0, 0.05) is 0 Å². The maximum Gasteiger partial charge on any atom is 0.341 e. The van der Waals surface area contributed by atoms with E-state index in [2.05, 4.69) is 5.32 Å². The lowest BCUT2D eigenvalue weighted by molar-refractivity contribution is 0.193. The Labute approximate surface area is 127 Å². The van der Waals surface area contributed by atoms with Crippen molar-refractivity contribution in [1.82, 2.24) is 14.5 Å². The van der Waals surface area contributed by atoms with E-state index in [0.717, 1.165) is 11.2 Å². The summed E-state index contributed by atoms with van der Waals surface area (Å²) in [5.74, 6) is 0. The van der Waals surface area contributed by atoms with Gasteiger partial charge in [-0.1, -0.05) is 30.3 Å². The normalized spacial score (nSPS) is 16.5. The summed E-state index contributed by atoms with van der Waals surface area (Å²) < 4.78 is 23.4. The molecule has 9 heteroatoms. The van der Waals surface area contributed by atoms with Crippen molar-refractivity contribution in [2.24, 2.45) is 0 Å². The maximum absolute atomic E-state index is 12.1. The van der Waals surface area contributed by atoms with E-state index >= 15 is 0 Å². The Morgan fingerprint density at radius 3 is 2.41 bits per heavy atom. The van der Waals surface area contributed by atoms with Gasteiger partial charge in [0.15, 0.2) is 0 Å². The highest BCUT2D eigenvalue weighted by Gasteiger charge is 2.38. The van der Waals surface area contributed by atoms with Crippen molar-refractivity contribution in [3.8, 4) is 0 Å². The summed E-state index contributed by atoms with van der Waals surface area (Å²) in [6.07, 6.45) is 2.56. The molecular formula is C13H14N3O5S. The van der Waals surface area contributed by atoms with Crippen LogP contribution < -0.4 is 5.32 Å². The van der Waals surface area contributed by atoms with E-state index in [1.807, 2.05) is 0 Å². The number of nitrogens with zero attached hydrogens (tertiary/aromatic N) is 2. The van der Waals surface area contributed by atoms with Crippen LogP contribution in [0.15, 0.2) is 30.3 Å². The van der Waals surface area contributed by atoms with Crippen molar-refractivity contribution in [2.75, 3.05) is 19.3 Å². The molecule has 1 radical (unpaired) electrons. The molecule has 8 nitrogen and oxygen atoms in total. The van der Waals surface area contributed by atoms with Crippen LogP contribution in [0.5, 0.6) is 0 Å². The lowest BCUT2D eigenvalue weighted by atomic mass is 10.1. The van der Waals surface area contributed by atoms with Crippen LogP contribution in [0, 0.1) is 0 Å². The third-order valence-corrected chi connectivity index (χ3v) is 4.27. The first-order chi connectivity index (χ1) is 10.3. The molecule has 0 saturated carbocycles. The lowest BCUT2D eigenvalue weighted by Gasteiger charge is -2.19. The van der Waals surface area contributed by atoms with Crippen LogP contribution in [0.25, 0.3) is 0 Å². The van der Waals surface area contributed by atoms with Crippen LogP contribution in [-0.4, -0.2) is 55.3 Å². The number of rotatable bonds is 4. The van der Waals surface area contributed by atoms with E-state index in [9.17, 15) is 22.8 Å². The Morgan fingerprint density at radius 1 is 1.27 bits per heavy atom. The smallest absolute Gasteiger partial charge is 0.323 e. The fraction of sp³-hybridized carbons (Fsp3) is 0.308. The van der Waals surface area contributed by atoms with Gasteiger partial charge in [-0.2, -0.15) is 0 Å². The zero-order valence-corrected chi connectivity index (χ0v) is 12.5. The third kappa shape index (κ3) is 3.25. The second kappa shape index (κ2) is 6.14. The summed E-state index contributed by atoms with van der Waals surface area (Å²) in [5.41, 5.74) is 0.512. The van der Waals surface area contributed by atoms with Crippen LogP contribution in [0.1, 0.15) is 11.6 Å². The summed E-state index contributed by atoms with van der Waals surface area (Å²) in [6, 6.07) is 5.59. The average molecular weight is 324 g/mol. The molecule has 0 spiro atoms. The van der Waals surface area contributed by atoms with E-state index < -0.39 is 28.1 Å². The molecule has 1 aromatic rings. The van der Waals surface area contributed by atoms with Gasteiger partial charge in [0.05, 0.1) is 19.3 Å². The number of carbonyl (C=O) groups is 2. The highest BCUT2D eigenvalue weighted by Crippen LogP contribution is 2.15. The Morgan fingerprint density at radius 2 is 1.91 bits per heavy atom. The number of hydrogen-bond donors (Lipinski definition) is 1. The minimum Gasteiger partial charge on any atom is -0.323 e. The van der Waals surface area contributed by atoms with Crippen molar-refractivity contribution in [3.63, 3.8) is 0 Å². The monoisotopic (exact) mass is 324 g/mol. The topological polar surface area (TPSA) is 104 Å². The summed E-state index contributed by atoms with van der Waals surface area (Å²) in [7, 11) is -3.72. The van der Waals surface area contributed by atoms with Crippen LogP contribution in [-0.2, 0) is 14.8 Å². The quantitative estimate of drug-likeness (QED) is 0.854. The summed E-state index contributed by atoms with van der Waals surface area (Å²) in [5, 5.41) is 2.35. The number of hydrogen-bond acceptors (Lipinski definition) is 5. The Hall–Kier alpha value is -2.42. The van der Waals surface area contributed by atoms with E-state index in [0.29, 0.717) is 9.87 Å². The number of nitrogens with one attached hydrogen (secondary N) is 1. The Balaban J connectivity index is 2.10. The first-order valence-electron chi connectivity index (χ1n) is 6.37. The van der Waals surface area contributed by atoms with Crippen molar-refractivity contribution in [1.29, 1.82) is 0 Å². The molecular weight excluding hydrogens is 310 g/mol. The Bertz CT molecular complexity index is 689. The number of sulfonamides is 1. The van der Waals surface area contributed by atoms with E-state index in [4.69, 9.17) is 0 Å². The molecule has 22 heavy (non-hydrogen) atoms. The zero-order valence-electron chi connectivity index (χ0n) is 11.7. The van der Waals surface area contributed by atoms with Gasteiger partial charge in [-0.05, 0) is 5.56 Å². The fourth-order valence-corrected chi connectivity index (χ4v) is 2.84. The molecule has 1 heterocycles. The van der Waals surface area contributed by atoms with Gasteiger partial charge in [-0.3, -0.25) is 4.79 Å². The second-order valence-corrected chi connectivity index (χ2v) is 6.59. The first-order valence-corrected chi connectivity index (χ1v) is 8.21. The number of imide groups is 1. The Kier molecular flexibility index (Phi) is 4.45. The van der Waals surface area contributed by atoms with Gasteiger partial charge in [0.25, 0.3) is 0 Å². The van der Waals surface area contributed by atoms with Crippen molar-refractivity contribution in [3.05, 3.63) is 35.9 Å². The zero-order chi connectivity index (χ0) is 16.3. The second-order valence-electron chi connectivity index (χ2n) is 4.68. The molecule has 1 unspecified atom stereocenters. The average Bonchev–Trinajstić information content (AvgIpc) is 2.87. The minimum absolute atomic E-state index is 0.0713. The molecule has 1 aromatic carbocycles. The molecule has 2 rings (SSSR count). The molecule has 1 atom stereocenters. The molecule has 1 N–H and O–H groups in total. The van der Waals surface area contributed by atoms with E-state index in [1.165, 1.54) is 0 Å². The van der Waals surface area contributed by atoms with Crippen LogP contribution >= 0.6 is 0 Å². The van der Waals surface area contributed by atoms with Gasteiger partial charge in [-0.15, -0.1) is 0 Å². The third-order valence-electron chi connectivity index (χ3n) is 3.14.